The van der Waals surface area contributed by atoms with Gasteiger partial charge in [0.1, 0.15) is 0 Å². The van der Waals surface area contributed by atoms with E-state index in [9.17, 15) is 4.79 Å². The van der Waals surface area contributed by atoms with E-state index in [1.165, 1.54) is 0 Å². The van der Waals surface area contributed by atoms with E-state index in [1.54, 1.807) is 7.05 Å². The van der Waals surface area contributed by atoms with E-state index < -0.39 is 0 Å². The fraction of sp³-hybridized carbons (Fsp3) is 0.500. The molecule has 0 unspecified atom stereocenters. The number of hydrogen-bond acceptors (Lipinski definition) is 2. The maximum Gasteiger partial charge on any atom is 0.220 e. The van der Waals surface area contributed by atoms with Gasteiger partial charge >= 0.3 is 0 Å². The molecular formula is C16H24ClIN4O. The fourth-order valence-corrected chi connectivity index (χ4v) is 2.12. The Morgan fingerprint density at radius 3 is 2.57 bits per heavy atom. The van der Waals surface area contributed by atoms with E-state index in [2.05, 4.69) is 20.9 Å². The van der Waals surface area contributed by atoms with Gasteiger partial charge in [0, 0.05) is 37.6 Å². The third kappa shape index (κ3) is 8.41. The molecule has 0 radical (unpaired) electrons. The average molecular weight is 451 g/mol. The van der Waals surface area contributed by atoms with Crippen molar-refractivity contribution < 1.29 is 4.79 Å². The number of carbonyl (C=O) groups excluding carboxylic acids is 1. The number of benzene rings is 1. The summed E-state index contributed by atoms with van der Waals surface area (Å²) < 4.78 is 0. The van der Waals surface area contributed by atoms with Crippen LogP contribution in [0.1, 0.15) is 31.2 Å². The van der Waals surface area contributed by atoms with Gasteiger partial charge in [0.25, 0.3) is 0 Å². The molecule has 0 aliphatic heterocycles. The first-order chi connectivity index (χ1) is 10.7. The molecule has 7 heteroatoms. The predicted octanol–water partition coefficient (Wildman–Crippen LogP) is 2.68. The maximum absolute atomic E-state index is 11.6. The number of rotatable bonds is 7. The molecule has 1 saturated carbocycles. The molecule has 0 heterocycles. The second kappa shape index (κ2) is 10.7. The van der Waals surface area contributed by atoms with Crippen molar-refractivity contribution in [2.24, 2.45) is 4.99 Å². The predicted molar refractivity (Wildman–Crippen MR) is 105 cm³/mol. The SMILES string of the molecule is CN=C(NCCCC(=O)NC1CC1)NCc1ccc(Cl)cc1.I. The van der Waals surface area contributed by atoms with Crippen LogP contribution in [0.5, 0.6) is 0 Å². The van der Waals surface area contributed by atoms with Crippen LogP contribution in [0.25, 0.3) is 0 Å². The second-order valence-electron chi connectivity index (χ2n) is 5.42. The number of nitrogens with one attached hydrogen (secondary N) is 3. The Hall–Kier alpha value is -1.02. The van der Waals surface area contributed by atoms with Crippen LogP contribution < -0.4 is 16.0 Å². The van der Waals surface area contributed by atoms with Crippen LogP contribution in [0.2, 0.25) is 5.02 Å². The lowest BCUT2D eigenvalue weighted by Crippen LogP contribution is -2.37. The topological polar surface area (TPSA) is 65.5 Å². The van der Waals surface area contributed by atoms with Crippen LogP contribution in [0.15, 0.2) is 29.3 Å². The third-order valence-electron chi connectivity index (χ3n) is 3.41. The van der Waals surface area contributed by atoms with Gasteiger partial charge in [0.2, 0.25) is 5.91 Å². The van der Waals surface area contributed by atoms with Crippen LogP contribution >= 0.6 is 35.6 Å². The van der Waals surface area contributed by atoms with Crippen molar-refractivity contribution >= 4 is 47.4 Å². The standard InChI is InChI=1S/C16H23ClN4O.HI/c1-18-16(20-11-12-4-6-13(17)7-5-12)19-10-2-3-15(22)21-14-8-9-14;/h4-7,14H,2-3,8-11H2,1H3,(H,21,22)(H2,18,19,20);1H. The Morgan fingerprint density at radius 2 is 1.96 bits per heavy atom. The molecule has 1 amide bonds. The highest BCUT2D eigenvalue weighted by Gasteiger charge is 2.22. The van der Waals surface area contributed by atoms with E-state index in [0.29, 0.717) is 19.0 Å². The molecule has 1 aromatic rings. The first-order valence-corrected chi connectivity index (χ1v) is 8.03. The van der Waals surface area contributed by atoms with Crippen LogP contribution in [0.4, 0.5) is 0 Å². The molecule has 5 nitrogen and oxygen atoms in total. The zero-order valence-corrected chi connectivity index (χ0v) is 16.4. The fourth-order valence-electron chi connectivity index (χ4n) is 1.99. The number of guanidine groups is 1. The highest BCUT2D eigenvalue weighted by Crippen LogP contribution is 2.18. The van der Waals surface area contributed by atoms with E-state index in [1.807, 2.05) is 24.3 Å². The summed E-state index contributed by atoms with van der Waals surface area (Å²) in [6.45, 7) is 1.40. The zero-order chi connectivity index (χ0) is 15.8. The van der Waals surface area contributed by atoms with Crippen molar-refractivity contribution in [3.63, 3.8) is 0 Å². The molecule has 2 rings (SSSR count). The summed E-state index contributed by atoms with van der Waals surface area (Å²) in [4.78, 5) is 15.7. The van der Waals surface area contributed by atoms with Gasteiger partial charge in [-0.15, -0.1) is 24.0 Å². The van der Waals surface area contributed by atoms with E-state index in [4.69, 9.17) is 11.6 Å². The van der Waals surface area contributed by atoms with Crippen LogP contribution in [0.3, 0.4) is 0 Å². The third-order valence-corrected chi connectivity index (χ3v) is 3.66. The molecule has 0 saturated heterocycles. The first-order valence-electron chi connectivity index (χ1n) is 7.65. The summed E-state index contributed by atoms with van der Waals surface area (Å²) in [6, 6.07) is 8.13. The first kappa shape index (κ1) is 20.0. The van der Waals surface area contributed by atoms with Gasteiger partial charge in [0.05, 0.1) is 0 Å². The van der Waals surface area contributed by atoms with Crippen LogP contribution in [-0.4, -0.2) is 31.5 Å². The lowest BCUT2D eigenvalue weighted by atomic mass is 10.2. The molecule has 1 aliphatic rings. The Kier molecular flexibility index (Phi) is 9.31. The summed E-state index contributed by atoms with van der Waals surface area (Å²) >= 11 is 5.86. The summed E-state index contributed by atoms with van der Waals surface area (Å²) in [5.41, 5.74) is 1.14. The van der Waals surface area contributed by atoms with E-state index in [-0.39, 0.29) is 29.9 Å². The van der Waals surface area contributed by atoms with Gasteiger partial charge < -0.3 is 16.0 Å². The molecule has 0 bridgehead atoms. The molecule has 128 valence electrons. The van der Waals surface area contributed by atoms with E-state index in [0.717, 1.165) is 42.4 Å². The number of halogens is 2. The van der Waals surface area contributed by atoms with E-state index >= 15 is 0 Å². The second-order valence-corrected chi connectivity index (χ2v) is 5.86. The highest BCUT2D eigenvalue weighted by atomic mass is 127. The lowest BCUT2D eigenvalue weighted by molar-refractivity contribution is -0.121. The Labute approximate surface area is 159 Å². The van der Waals surface area contributed by atoms with Gasteiger partial charge in [-0.25, -0.2) is 0 Å². The Balaban J connectivity index is 0.00000264. The molecule has 3 N–H and O–H groups in total. The molecule has 1 aliphatic carbocycles. The monoisotopic (exact) mass is 450 g/mol. The molecular weight excluding hydrogens is 427 g/mol. The number of aliphatic imine (C=N–C) groups is 1. The molecule has 0 atom stereocenters. The Bertz CT molecular complexity index is 517. The molecule has 1 aromatic carbocycles. The van der Waals surface area contributed by atoms with Crippen LogP contribution in [-0.2, 0) is 11.3 Å². The minimum Gasteiger partial charge on any atom is -0.356 e. The van der Waals surface area contributed by atoms with Gasteiger partial charge in [-0.1, -0.05) is 23.7 Å². The van der Waals surface area contributed by atoms with Gasteiger partial charge in [0.15, 0.2) is 5.96 Å². The van der Waals surface area contributed by atoms with Crippen molar-refractivity contribution in [2.75, 3.05) is 13.6 Å². The number of amides is 1. The maximum atomic E-state index is 11.6. The number of hydrogen-bond donors (Lipinski definition) is 3. The van der Waals surface area contributed by atoms with Crippen molar-refractivity contribution in [2.45, 2.75) is 38.3 Å². The summed E-state index contributed by atoms with van der Waals surface area (Å²) in [5, 5.41) is 10.2. The largest absolute Gasteiger partial charge is 0.356 e. The minimum absolute atomic E-state index is 0. The zero-order valence-electron chi connectivity index (χ0n) is 13.3. The lowest BCUT2D eigenvalue weighted by Gasteiger charge is -2.12. The van der Waals surface area contributed by atoms with Gasteiger partial charge in [-0.2, -0.15) is 0 Å². The average Bonchev–Trinajstić information content (AvgIpc) is 3.32. The quantitative estimate of drug-likeness (QED) is 0.259. The highest BCUT2D eigenvalue weighted by molar-refractivity contribution is 14.0. The van der Waals surface area contributed by atoms with Crippen molar-refractivity contribution in [1.29, 1.82) is 0 Å². The summed E-state index contributed by atoms with van der Waals surface area (Å²) in [5.74, 6) is 0.881. The number of nitrogens with zero attached hydrogens (tertiary/aromatic N) is 1. The summed E-state index contributed by atoms with van der Waals surface area (Å²) in [6.07, 6.45) is 3.61. The van der Waals surface area contributed by atoms with Crippen LogP contribution in [0, 0.1) is 0 Å². The molecule has 1 fully saturated rings. The van der Waals surface area contributed by atoms with Crippen molar-refractivity contribution in [1.82, 2.24) is 16.0 Å². The molecule has 23 heavy (non-hydrogen) atoms. The summed E-state index contributed by atoms with van der Waals surface area (Å²) in [7, 11) is 1.73. The van der Waals surface area contributed by atoms with Gasteiger partial charge in [-0.3, -0.25) is 9.79 Å². The number of carbonyl (C=O) groups is 1. The van der Waals surface area contributed by atoms with Gasteiger partial charge in [-0.05, 0) is 37.0 Å². The Morgan fingerprint density at radius 1 is 1.26 bits per heavy atom. The normalized spacial score (nSPS) is 13.9. The van der Waals surface area contributed by atoms with Crippen molar-refractivity contribution in [3.8, 4) is 0 Å². The minimum atomic E-state index is 0. The smallest absolute Gasteiger partial charge is 0.220 e. The van der Waals surface area contributed by atoms with Crippen molar-refractivity contribution in [3.05, 3.63) is 34.9 Å². The molecule has 0 aromatic heterocycles. The molecule has 0 spiro atoms.